The summed E-state index contributed by atoms with van der Waals surface area (Å²) in [4.78, 5) is 12.6. The molecule has 0 spiro atoms. The largest absolute Gasteiger partial charge is 0.319 e. The summed E-state index contributed by atoms with van der Waals surface area (Å²) >= 11 is 3.42. The number of nitrogens with zero attached hydrogens (tertiary/aromatic N) is 2. The highest BCUT2D eigenvalue weighted by molar-refractivity contribution is 9.10. The zero-order valence-electron chi connectivity index (χ0n) is 14.5. The highest BCUT2D eigenvalue weighted by Gasteiger charge is 2.17. The molecule has 0 unspecified atom stereocenters. The molecule has 4 nitrogen and oxygen atoms in total. The minimum atomic E-state index is -0.144. The van der Waals surface area contributed by atoms with E-state index in [0.717, 1.165) is 21.5 Å². The van der Waals surface area contributed by atoms with Crippen molar-refractivity contribution < 1.29 is 4.79 Å². The number of aromatic nitrogens is 2. The maximum Gasteiger partial charge on any atom is 0.256 e. The minimum Gasteiger partial charge on any atom is -0.319 e. The van der Waals surface area contributed by atoms with Gasteiger partial charge in [-0.05, 0) is 60.0 Å². The summed E-state index contributed by atoms with van der Waals surface area (Å²) in [5, 5.41) is 7.61. The second-order valence-electron chi connectivity index (χ2n) is 6.06. The summed E-state index contributed by atoms with van der Waals surface area (Å²) in [7, 11) is 0. The molecule has 0 atom stereocenters. The molecule has 1 aromatic heterocycles. The van der Waals surface area contributed by atoms with Gasteiger partial charge in [-0.15, -0.1) is 0 Å². The number of carbonyl (C=O) groups excluding carboxylic acids is 1. The Bertz CT molecular complexity index is 930. The smallest absolute Gasteiger partial charge is 0.256 e. The first-order chi connectivity index (χ1) is 12.0. The van der Waals surface area contributed by atoms with Crippen LogP contribution in [-0.4, -0.2) is 15.7 Å². The van der Waals surface area contributed by atoms with E-state index in [0.29, 0.717) is 12.1 Å². The van der Waals surface area contributed by atoms with Crippen LogP contribution in [0.25, 0.3) is 0 Å². The quantitative estimate of drug-likeness (QED) is 0.682. The first kappa shape index (κ1) is 17.4. The number of hydrogen-bond donors (Lipinski definition) is 1. The van der Waals surface area contributed by atoms with Crippen molar-refractivity contribution in [3.05, 3.63) is 81.1 Å². The Kier molecular flexibility index (Phi) is 5.04. The summed E-state index contributed by atoms with van der Waals surface area (Å²) in [6.45, 7) is 6.67. The van der Waals surface area contributed by atoms with E-state index in [1.165, 1.54) is 11.1 Å². The number of amides is 1. The molecule has 0 bridgehead atoms. The summed E-state index contributed by atoms with van der Waals surface area (Å²) in [5.74, 6) is -0.144. The zero-order chi connectivity index (χ0) is 18.0. The maximum atomic E-state index is 12.6. The topological polar surface area (TPSA) is 46.9 Å². The van der Waals surface area contributed by atoms with Crippen LogP contribution in [0.2, 0.25) is 0 Å². The molecule has 0 saturated carbocycles. The van der Waals surface area contributed by atoms with Crippen molar-refractivity contribution in [1.82, 2.24) is 9.78 Å². The van der Waals surface area contributed by atoms with Gasteiger partial charge in [0.2, 0.25) is 0 Å². The Morgan fingerprint density at radius 1 is 1.08 bits per heavy atom. The van der Waals surface area contributed by atoms with Crippen LogP contribution in [0, 0.1) is 20.8 Å². The van der Waals surface area contributed by atoms with Crippen LogP contribution in [0.4, 0.5) is 5.69 Å². The van der Waals surface area contributed by atoms with Gasteiger partial charge in [-0.2, -0.15) is 5.10 Å². The Morgan fingerprint density at radius 3 is 2.48 bits per heavy atom. The fraction of sp³-hybridized carbons (Fsp3) is 0.200. The molecule has 0 aliphatic carbocycles. The fourth-order valence-corrected chi connectivity index (χ4v) is 3.27. The molecule has 1 amide bonds. The number of anilines is 1. The Balaban J connectivity index is 1.86. The highest BCUT2D eigenvalue weighted by Crippen LogP contribution is 2.23. The van der Waals surface area contributed by atoms with E-state index in [2.05, 4.69) is 45.4 Å². The van der Waals surface area contributed by atoms with Crippen molar-refractivity contribution in [2.75, 3.05) is 5.32 Å². The van der Waals surface area contributed by atoms with Crippen molar-refractivity contribution in [3.63, 3.8) is 0 Å². The molecular formula is C20H20BrN3O. The molecule has 0 aliphatic rings. The van der Waals surface area contributed by atoms with E-state index in [4.69, 9.17) is 0 Å². The number of carbonyl (C=O) groups is 1. The van der Waals surface area contributed by atoms with Crippen molar-refractivity contribution in [1.29, 1.82) is 0 Å². The molecule has 3 rings (SSSR count). The Labute approximate surface area is 156 Å². The zero-order valence-corrected chi connectivity index (χ0v) is 16.1. The number of benzene rings is 2. The lowest BCUT2D eigenvalue weighted by atomic mass is 10.1. The molecule has 0 radical (unpaired) electrons. The van der Waals surface area contributed by atoms with Crippen LogP contribution in [0.5, 0.6) is 0 Å². The Hall–Kier alpha value is -2.40. The van der Waals surface area contributed by atoms with Gasteiger partial charge in [-0.3, -0.25) is 9.48 Å². The second-order valence-corrected chi connectivity index (χ2v) is 6.92. The third-order valence-corrected chi connectivity index (χ3v) is 5.01. The number of halogens is 1. The predicted octanol–water partition coefficient (Wildman–Crippen LogP) is 4.87. The minimum absolute atomic E-state index is 0.144. The van der Waals surface area contributed by atoms with Gasteiger partial charge in [-0.25, -0.2) is 0 Å². The van der Waals surface area contributed by atoms with Crippen molar-refractivity contribution in [2.45, 2.75) is 27.3 Å². The van der Waals surface area contributed by atoms with Crippen molar-refractivity contribution >= 4 is 27.5 Å². The summed E-state index contributed by atoms with van der Waals surface area (Å²) in [5.41, 5.74) is 5.58. The fourth-order valence-electron chi connectivity index (χ4n) is 2.81. The maximum absolute atomic E-state index is 12.6. The normalized spacial score (nSPS) is 10.7. The van der Waals surface area contributed by atoms with Gasteiger partial charge in [0.25, 0.3) is 5.91 Å². The average Bonchev–Trinajstić information content (AvgIpc) is 2.85. The average molecular weight is 398 g/mol. The van der Waals surface area contributed by atoms with Crippen LogP contribution in [0.1, 0.15) is 32.9 Å². The summed E-state index contributed by atoms with van der Waals surface area (Å²) in [6, 6.07) is 15.6. The van der Waals surface area contributed by atoms with E-state index >= 15 is 0 Å². The lowest BCUT2D eigenvalue weighted by Gasteiger charge is -2.09. The molecule has 1 heterocycles. The molecule has 5 heteroatoms. The van der Waals surface area contributed by atoms with Crippen molar-refractivity contribution in [2.24, 2.45) is 0 Å². The lowest BCUT2D eigenvalue weighted by molar-refractivity contribution is 0.102. The van der Waals surface area contributed by atoms with Crippen LogP contribution in [0.15, 0.2) is 53.0 Å². The monoisotopic (exact) mass is 397 g/mol. The first-order valence-corrected chi connectivity index (χ1v) is 8.91. The molecule has 3 aromatic rings. The number of hydrogen-bond acceptors (Lipinski definition) is 2. The van der Waals surface area contributed by atoms with Crippen LogP contribution >= 0.6 is 15.9 Å². The van der Waals surface area contributed by atoms with Gasteiger partial charge in [0.15, 0.2) is 0 Å². The van der Waals surface area contributed by atoms with Crippen LogP contribution < -0.4 is 5.32 Å². The van der Waals surface area contributed by atoms with Gasteiger partial charge in [0.05, 0.1) is 29.2 Å². The van der Waals surface area contributed by atoms with Crippen molar-refractivity contribution in [3.8, 4) is 0 Å². The molecule has 0 aliphatic heterocycles. The standard InChI is InChI=1S/C20H20BrN3O/c1-13-8-4-5-9-16(13)12-24-15(3)19(14(2)23-24)22-20(25)17-10-6-7-11-18(17)21/h4-11H,12H2,1-3H3,(H,22,25). The second kappa shape index (κ2) is 7.23. The molecule has 0 fully saturated rings. The lowest BCUT2D eigenvalue weighted by Crippen LogP contribution is -2.14. The highest BCUT2D eigenvalue weighted by atomic mass is 79.9. The summed E-state index contributed by atoms with van der Waals surface area (Å²) < 4.78 is 2.71. The van der Waals surface area contributed by atoms with E-state index in [1.807, 2.05) is 48.9 Å². The molecule has 0 saturated heterocycles. The molecule has 25 heavy (non-hydrogen) atoms. The summed E-state index contributed by atoms with van der Waals surface area (Å²) in [6.07, 6.45) is 0. The van der Waals surface area contributed by atoms with E-state index in [-0.39, 0.29) is 5.91 Å². The van der Waals surface area contributed by atoms with E-state index < -0.39 is 0 Å². The van der Waals surface area contributed by atoms with E-state index in [9.17, 15) is 4.79 Å². The van der Waals surface area contributed by atoms with Gasteiger partial charge in [-0.1, -0.05) is 36.4 Å². The van der Waals surface area contributed by atoms with Crippen LogP contribution in [0.3, 0.4) is 0 Å². The molecule has 2 aromatic carbocycles. The predicted molar refractivity (Wildman–Crippen MR) is 104 cm³/mol. The first-order valence-electron chi connectivity index (χ1n) is 8.11. The number of rotatable bonds is 4. The van der Waals surface area contributed by atoms with Crippen LogP contribution in [-0.2, 0) is 6.54 Å². The van der Waals surface area contributed by atoms with Gasteiger partial charge < -0.3 is 5.32 Å². The molecule has 128 valence electrons. The molecular weight excluding hydrogens is 378 g/mol. The van der Waals surface area contributed by atoms with Gasteiger partial charge >= 0.3 is 0 Å². The number of nitrogens with one attached hydrogen (secondary N) is 1. The van der Waals surface area contributed by atoms with Gasteiger partial charge in [0, 0.05) is 4.47 Å². The number of aryl methyl sites for hydroxylation is 2. The van der Waals surface area contributed by atoms with E-state index in [1.54, 1.807) is 6.07 Å². The third kappa shape index (κ3) is 3.66. The SMILES string of the molecule is Cc1ccccc1Cn1nc(C)c(NC(=O)c2ccccc2Br)c1C. The van der Waals surface area contributed by atoms with Gasteiger partial charge in [0.1, 0.15) is 0 Å². The third-order valence-electron chi connectivity index (χ3n) is 4.32. The Morgan fingerprint density at radius 2 is 1.76 bits per heavy atom. The molecule has 1 N–H and O–H groups in total.